The first kappa shape index (κ1) is 16.7. The minimum atomic E-state index is -0.0625. The van der Waals surface area contributed by atoms with Crippen molar-refractivity contribution in [1.29, 1.82) is 0 Å². The molecule has 0 aliphatic carbocycles. The van der Waals surface area contributed by atoms with E-state index in [2.05, 4.69) is 16.0 Å². The number of furan rings is 1. The molecule has 2 aromatic heterocycles. The number of hydrogen-bond acceptors (Lipinski definition) is 5. The number of benzene rings is 1. The van der Waals surface area contributed by atoms with Crippen LogP contribution in [0, 0.1) is 12.8 Å². The van der Waals surface area contributed by atoms with Gasteiger partial charge in [0.1, 0.15) is 17.1 Å². The summed E-state index contributed by atoms with van der Waals surface area (Å²) < 4.78 is 11.3. The highest BCUT2D eigenvalue weighted by Crippen LogP contribution is 2.24. The summed E-state index contributed by atoms with van der Waals surface area (Å²) in [6.45, 7) is 4.20. The average Bonchev–Trinajstić information content (AvgIpc) is 3.01. The molecule has 3 aromatic rings. The molecule has 1 fully saturated rings. The van der Waals surface area contributed by atoms with E-state index < -0.39 is 0 Å². The van der Waals surface area contributed by atoms with Gasteiger partial charge in [0.15, 0.2) is 0 Å². The molecule has 1 aliphatic rings. The van der Waals surface area contributed by atoms with Gasteiger partial charge in [0.2, 0.25) is 0 Å². The maximum Gasteiger partial charge on any atom is 0.272 e. The number of carbonyl (C=O) groups excluding carboxylic acids is 1. The monoisotopic (exact) mass is 351 g/mol. The largest absolute Gasteiger partial charge is 0.464 e. The van der Waals surface area contributed by atoms with Gasteiger partial charge in [-0.25, -0.2) is 9.97 Å². The van der Waals surface area contributed by atoms with Crippen LogP contribution in [-0.2, 0) is 11.2 Å². The lowest BCUT2D eigenvalue weighted by atomic mass is 9.97. The molecule has 0 spiro atoms. The molecule has 0 unspecified atom stereocenters. The van der Waals surface area contributed by atoms with Crippen LogP contribution >= 0.6 is 0 Å². The third kappa shape index (κ3) is 3.46. The van der Waals surface area contributed by atoms with Crippen LogP contribution in [-0.4, -0.2) is 47.1 Å². The van der Waals surface area contributed by atoms with Crippen molar-refractivity contribution in [2.24, 2.45) is 5.92 Å². The summed E-state index contributed by atoms with van der Waals surface area (Å²) in [5.74, 6) is 0.766. The Kier molecular flexibility index (Phi) is 4.67. The molecule has 1 amide bonds. The van der Waals surface area contributed by atoms with E-state index in [0.717, 1.165) is 17.4 Å². The van der Waals surface area contributed by atoms with Crippen LogP contribution in [0.2, 0.25) is 0 Å². The number of rotatable bonds is 3. The van der Waals surface area contributed by atoms with Gasteiger partial charge >= 0.3 is 0 Å². The molecule has 6 heteroatoms. The second kappa shape index (κ2) is 7.25. The van der Waals surface area contributed by atoms with Crippen molar-refractivity contribution in [3.05, 3.63) is 59.9 Å². The number of hydrogen-bond donors (Lipinski definition) is 0. The van der Waals surface area contributed by atoms with E-state index in [-0.39, 0.29) is 11.8 Å². The number of fused-ring (bicyclic) bond motifs is 1. The van der Waals surface area contributed by atoms with E-state index >= 15 is 0 Å². The number of ether oxygens (including phenoxy) is 1. The summed E-state index contributed by atoms with van der Waals surface area (Å²) >= 11 is 0. The number of carbonyl (C=O) groups is 1. The lowest BCUT2D eigenvalue weighted by Crippen LogP contribution is -2.37. The summed E-state index contributed by atoms with van der Waals surface area (Å²) in [4.78, 5) is 23.0. The van der Waals surface area contributed by atoms with Gasteiger partial charge < -0.3 is 14.1 Å². The highest BCUT2D eigenvalue weighted by atomic mass is 16.5. The van der Waals surface area contributed by atoms with Crippen molar-refractivity contribution in [3.8, 4) is 0 Å². The molecule has 1 atom stereocenters. The van der Waals surface area contributed by atoms with E-state index in [9.17, 15) is 4.79 Å². The Labute approximate surface area is 151 Å². The van der Waals surface area contributed by atoms with Gasteiger partial charge in [0, 0.05) is 30.6 Å². The lowest BCUT2D eigenvalue weighted by molar-refractivity contribution is 0.0731. The van der Waals surface area contributed by atoms with Gasteiger partial charge in [0.05, 0.1) is 19.5 Å². The first-order valence-electron chi connectivity index (χ1n) is 8.82. The molecule has 1 saturated heterocycles. The van der Waals surface area contributed by atoms with Crippen LogP contribution in [0.4, 0.5) is 0 Å². The van der Waals surface area contributed by atoms with Crippen molar-refractivity contribution in [3.63, 3.8) is 0 Å². The molecular weight excluding hydrogens is 330 g/mol. The molecule has 4 rings (SSSR count). The highest BCUT2D eigenvalue weighted by Gasteiger charge is 2.25. The molecule has 0 bridgehead atoms. The number of aryl methyl sites for hydroxylation is 1. The Morgan fingerprint density at radius 2 is 2.23 bits per heavy atom. The predicted molar refractivity (Wildman–Crippen MR) is 96.9 cm³/mol. The van der Waals surface area contributed by atoms with Crippen molar-refractivity contribution in [1.82, 2.24) is 14.9 Å². The third-order valence-corrected chi connectivity index (χ3v) is 4.71. The fourth-order valence-electron chi connectivity index (χ4n) is 3.47. The molecule has 0 radical (unpaired) electrons. The first-order valence-corrected chi connectivity index (χ1v) is 8.82. The number of nitrogens with zero attached hydrogens (tertiary/aromatic N) is 3. The zero-order valence-electron chi connectivity index (χ0n) is 14.7. The van der Waals surface area contributed by atoms with Crippen LogP contribution in [0.25, 0.3) is 11.0 Å². The zero-order valence-corrected chi connectivity index (χ0v) is 14.7. The lowest BCUT2D eigenvalue weighted by Gasteiger charge is -2.23. The molecule has 0 saturated carbocycles. The van der Waals surface area contributed by atoms with Gasteiger partial charge in [0.25, 0.3) is 5.91 Å². The quantitative estimate of drug-likeness (QED) is 0.726. The van der Waals surface area contributed by atoms with E-state index in [1.807, 2.05) is 23.1 Å². The van der Waals surface area contributed by atoms with Crippen LogP contribution in [0.1, 0.15) is 21.9 Å². The van der Waals surface area contributed by atoms with Crippen LogP contribution in [0.5, 0.6) is 0 Å². The topological polar surface area (TPSA) is 68.5 Å². The Balaban J connectivity index is 1.52. The molecule has 0 N–H and O–H groups in total. The summed E-state index contributed by atoms with van der Waals surface area (Å²) in [7, 11) is 0. The second-order valence-corrected chi connectivity index (χ2v) is 6.63. The summed E-state index contributed by atoms with van der Waals surface area (Å²) in [5.41, 5.74) is 2.55. The van der Waals surface area contributed by atoms with Crippen LogP contribution in [0.15, 0.2) is 47.2 Å². The fraction of sp³-hybridized carbons (Fsp3) is 0.350. The Morgan fingerprint density at radius 3 is 3.12 bits per heavy atom. The Hall–Kier alpha value is -2.73. The zero-order chi connectivity index (χ0) is 17.9. The van der Waals surface area contributed by atoms with Crippen molar-refractivity contribution in [2.75, 3.05) is 26.3 Å². The Morgan fingerprint density at radius 1 is 1.31 bits per heavy atom. The standard InChI is InChI=1S/C20H21N3O3/c1-14-21-7-5-18(22-14)20(24)23-8-10-25-13-15(12-23)11-16-3-2-4-19-17(16)6-9-26-19/h2-7,9,15H,8,10-13H2,1H3/t15-/m1/s1. The van der Waals surface area contributed by atoms with E-state index in [0.29, 0.717) is 37.8 Å². The highest BCUT2D eigenvalue weighted by molar-refractivity contribution is 5.92. The number of amides is 1. The van der Waals surface area contributed by atoms with Crippen molar-refractivity contribution < 1.29 is 13.9 Å². The second-order valence-electron chi connectivity index (χ2n) is 6.63. The van der Waals surface area contributed by atoms with E-state index in [1.165, 1.54) is 5.56 Å². The van der Waals surface area contributed by atoms with Gasteiger partial charge in [-0.1, -0.05) is 12.1 Å². The molecule has 134 valence electrons. The Bertz CT molecular complexity index is 921. The predicted octanol–water partition coefficient (Wildman–Crippen LogP) is 2.86. The van der Waals surface area contributed by atoms with Gasteiger partial charge in [-0.3, -0.25) is 4.79 Å². The molecule has 26 heavy (non-hydrogen) atoms. The smallest absolute Gasteiger partial charge is 0.272 e. The number of aromatic nitrogens is 2. The van der Waals surface area contributed by atoms with E-state index in [1.54, 1.807) is 25.5 Å². The van der Waals surface area contributed by atoms with Crippen molar-refractivity contribution >= 4 is 16.9 Å². The van der Waals surface area contributed by atoms with Gasteiger partial charge in [-0.15, -0.1) is 0 Å². The van der Waals surface area contributed by atoms with E-state index in [4.69, 9.17) is 9.15 Å². The maximum absolute atomic E-state index is 12.8. The normalized spacial score (nSPS) is 18.0. The van der Waals surface area contributed by atoms with Gasteiger partial charge in [-0.2, -0.15) is 0 Å². The molecular formula is C20H21N3O3. The van der Waals surface area contributed by atoms with Crippen molar-refractivity contribution in [2.45, 2.75) is 13.3 Å². The van der Waals surface area contributed by atoms with Gasteiger partial charge in [-0.05, 0) is 37.1 Å². The minimum absolute atomic E-state index is 0.0625. The summed E-state index contributed by atoms with van der Waals surface area (Å²) in [5, 5.41) is 1.13. The first-order chi connectivity index (χ1) is 12.7. The minimum Gasteiger partial charge on any atom is -0.464 e. The average molecular weight is 351 g/mol. The van der Waals surface area contributed by atoms with Crippen LogP contribution < -0.4 is 0 Å². The molecule has 6 nitrogen and oxygen atoms in total. The molecule has 3 heterocycles. The SMILES string of the molecule is Cc1nccc(C(=O)N2CCOC[C@H](Cc3cccc4occc34)C2)n1. The van der Waals surface area contributed by atoms with Crippen LogP contribution in [0.3, 0.4) is 0 Å². The maximum atomic E-state index is 12.8. The summed E-state index contributed by atoms with van der Waals surface area (Å²) in [6, 6.07) is 9.75. The molecule has 1 aromatic carbocycles. The summed E-state index contributed by atoms with van der Waals surface area (Å²) in [6.07, 6.45) is 4.18. The third-order valence-electron chi connectivity index (χ3n) is 4.71. The fourth-order valence-corrected chi connectivity index (χ4v) is 3.47. The molecule has 1 aliphatic heterocycles.